The number of nitriles is 1. The molecule has 2 rings (SSSR count). The molecule has 0 heterocycles. The Bertz CT molecular complexity index is 720. The van der Waals surface area contributed by atoms with E-state index in [1.165, 1.54) is 29.5 Å². The summed E-state index contributed by atoms with van der Waals surface area (Å²) in [5.41, 5.74) is 2.56. The average Bonchev–Trinajstić information content (AvgIpc) is 2.42. The number of nitro groups is 1. The van der Waals surface area contributed by atoms with E-state index < -0.39 is 4.92 Å². The molecule has 0 amide bonds. The molecule has 0 N–H and O–H groups in total. The van der Waals surface area contributed by atoms with Crippen molar-refractivity contribution in [2.24, 2.45) is 0 Å². The summed E-state index contributed by atoms with van der Waals surface area (Å²) < 4.78 is 0. The average molecular weight is 284 g/mol. The highest BCUT2D eigenvalue weighted by Crippen LogP contribution is 2.34. The van der Waals surface area contributed by atoms with E-state index in [4.69, 9.17) is 5.26 Å². The summed E-state index contributed by atoms with van der Waals surface area (Å²) in [5, 5.41) is 19.8. The zero-order valence-corrected chi connectivity index (χ0v) is 11.9. The zero-order chi connectivity index (χ0) is 14.7. The molecule has 0 aliphatic carbocycles. The Balaban J connectivity index is 2.39. The molecule has 0 unspecified atom stereocenters. The summed E-state index contributed by atoms with van der Waals surface area (Å²) in [6.45, 7) is 4.03. The van der Waals surface area contributed by atoms with Crippen molar-refractivity contribution >= 4 is 17.4 Å². The van der Waals surface area contributed by atoms with Crippen LogP contribution in [0.15, 0.2) is 46.2 Å². The molecule has 0 fully saturated rings. The van der Waals surface area contributed by atoms with Crippen LogP contribution in [-0.4, -0.2) is 4.92 Å². The molecule has 0 bridgehead atoms. The van der Waals surface area contributed by atoms with Crippen LogP contribution in [0.5, 0.6) is 0 Å². The predicted molar refractivity (Wildman–Crippen MR) is 77.9 cm³/mol. The summed E-state index contributed by atoms with van der Waals surface area (Å²) in [4.78, 5) is 12.0. The fraction of sp³-hybridized carbons (Fsp3) is 0.133. The van der Waals surface area contributed by atoms with Gasteiger partial charge in [0.1, 0.15) is 6.07 Å². The van der Waals surface area contributed by atoms with Gasteiger partial charge >= 0.3 is 0 Å². The maximum Gasteiger partial charge on any atom is 0.270 e. The minimum atomic E-state index is -0.494. The Labute approximate surface area is 121 Å². The fourth-order valence-electron chi connectivity index (χ4n) is 1.84. The Morgan fingerprint density at radius 3 is 2.45 bits per heavy atom. The molecule has 0 aliphatic rings. The number of hydrogen-bond acceptors (Lipinski definition) is 4. The lowest BCUT2D eigenvalue weighted by Gasteiger charge is -2.07. The van der Waals surface area contributed by atoms with E-state index >= 15 is 0 Å². The minimum absolute atomic E-state index is 0.0634. The van der Waals surface area contributed by atoms with Crippen molar-refractivity contribution in [2.75, 3.05) is 0 Å². The van der Waals surface area contributed by atoms with Gasteiger partial charge in [-0.2, -0.15) is 5.26 Å². The molecule has 0 spiro atoms. The SMILES string of the molecule is Cc1ccc(Sc2ccc([N+](=O)[O-])cc2C#N)c(C)c1. The first kappa shape index (κ1) is 14.1. The first-order valence-electron chi connectivity index (χ1n) is 5.95. The maximum absolute atomic E-state index is 10.7. The van der Waals surface area contributed by atoms with Crippen molar-refractivity contribution in [1.82, 2.24) is 0 Å². The number of aryl methyl sites for hydroxylation is 2. The third-order valence-corrected chi connectivity index (χ3v) is 4.10. The second-order valence-electron chi connectivity index (χ2n) is 4.42. The van der Waals surface area contributed by atoms with Gasteiger partial charge in [-0.05, 0) is 31.5 Å². The summed E-state index contributed by atoms with van der Waals surface area (Å²) in [5.74, 6) is 0. The van der Waals surface area contributed by atoms with Crippen molar-refractivity contribution < 1.29 is 4.92 Å². The molecule has 2 aromatic carbocycles. The van der Waals surface area contributed by atoms with Gasteiger partial charge in [-0.3, -0.25) is 10.1 Å². The third kappa shape index (κ3) is 2.98. The highest BCUT2D eigenvalue weighted by Gasteiger charge is 2.12. The molecule has 100 valence electrons. The Morgan fingerprint density at radius 1 is 1.15 bits per heavy atom. The predicted octanol–water partition coefficient (Wildman–Crippen LogP) is 4.23. The zero-order valence-electron chi connectivity index (χ0n) is 11.1. The number of nitrogens with zero attached hydrogens (tertiary/aromatic N) is 2. The van der Waals surface area contributed by atoms with E-state index in [-0.39, 0.29) is 5.69 Å². The molecule has 5 heteroatoms. The van der Waals surface area contributed by atoms with Crippen LogP contribution < -0.4 is 0 Å². The third-order valence-electron chi connectivity index (χ3n) is 2.84. The van der Waals surface area contributed by atoms with Gasteiger partial charge in [-0.1, -0.05) is 29.5 Å². The van der Waals surface area contributed by atoms with Gasteiger partial charge in [-0.25, -0.2) is 0 Å². The second-order valence-corrected chi connectivity index (χ2v) is 5.50. The number of hydrogen-bond donors (Lipinski definition) is 0. The molecule has 20 heavy (non-hydrogen) atoms. The van der Waals surface area contributed by atoms with Gasteiger partial charge < -0.3 is 0 Å². The summed E-state index contributed by atoms with van der Waals surface area (Å²) in [6.07, 6.45) is 0. The first-order chi connectivity index (χ1) is 9.51. The van der Waals surface area contributed by atoms with Crippen LogP contribution in [0.3, 0.4) is 0 Å². The molecule has 0 radical (unpaired) electrons. The highest BCUT2D eigenvalue weighted by molar-refractivity contribution is 7.99. The van der Waals surface area contributed by atoms with Gasteiger partial charge in [-0.15, -0.1) is 0 Å². The number of non-ortho nitro benzene ring substituents is 1. The van der Waals surface area contributed by atoms with E-state index in [2.05, 4.69) is 6.07 Å². The molecule has 0 saturated heterocycles. The van der Waals surface area contributed by atoms with E-state index in [1.54, 1.807) is 6.07 Å². The Morgan fingerprint density at radius 2 is 1.85 bits per heavy atom. The van der Waals surface area contributed by atoms with Crippen molar-refractivity contribution in [3.8, 4) is 6.07 Å². The van der Waals surface area contributed by atoms with Crippen LogP contribution in [0.2, 0.25) is 0 Å². The van der Waals surface area contributed by atoms with Crippen LogP contribution in [0.4, 0.5) is 5.69 Å². The van der Waals surface area contributed by atoms with Crippen LogP contribution in [0.25, 0.3) is 0 Å². The molecule has 0 aliphatic heterocycles. The Kier molecular flexibility index (Phi) is 4.06. The Hall–Kier alpha value is -2.32. The molecular formula is C15H12N2O2S. The molecule has 2 aromatic rings. The summed E-state index contributed by atoms with van der Waals surface area (Å²) in [7, 11) is 0. The largest absolute Gasteiger partial charge is 0.270 e. The maximum atomic E-state index is 10.7. The first-order valence-corrected chi connectivity index (χ1v) is 6.76. The molecule has 0 atom stereocenters. The molecule has 4 nitrogen and oxygen atoms in total. The second kappa shape index (κ2) is 5.76. The summed E-state index contributed by atoms with van der Waals surface area (Å²) >= 11 is 1.45. The number of benzene rings is 2. The molecule has 0 saturated carbocycles. The molecule has 0 aromatic heterocycles. The summed E-state index contributed by atoms with van der Waals surface area (Å²) in [6, 6.07) is 12.5. The van der Waals surface area contributed by atoms with Crippen LogP contribution in [-0.2, 0) is 0 Å². The van der Waals surface area contributed by atoms with Gasteiger partial charge in [0.2, 0.25) is 0 Å². The van der Waals surface area contributed by atoms with Gasteiger partial charge in [0.05, 0.1) is 10.5 Å². The van der Waals surface area contributed by atoms with E-state index in [1.807, 2.05) is 32.0 Å². The smallest absolute Gasteiger partial charge is 0.258 e. The van der Waals surface area contributed by atoms with Crippen LogP contribution in [0, 0.1) is 35.3 Å². The lowest BCUT2D eigenvalue weighted by Crippen LogP contribution is -1.90. The fourth-order valence-corrected chi connectivity index (χ4v) is 2.78. The van der Waals surface area contributed by atoms with E-state index in [0.717, 1.165) is 15.4 Å². The van der Waals surface area contributed by atoms with Crippen molar-refractivity contribution in [3.05, 3.63) is 63.2 Å². The van der Waals surface area contributed by atoms with Crippen molar-refractivity contribution in [1.29, 1.82) is 5.26 Å². The number of rotatable bonds is 3. The van der Waals surface area contributed by atoms with Crippen LogP contribution in [0.1, 0.15) is 16.7 Å². The monoisotopic (exact) mass is 284 g/mol. The lowest BCUT2D eigenvalue weighted by atomic mass is 10.2. The standard InChI is InChI=1S/C15H12N2O2S/c1-10-3-5-14(11(2)7-10)20-15-6-4-13(17(18)19)8-12(15)9-16/h3-8H,1-2H3. The lowest BCUT2D eigenvalue weighted by molar-refractivity contribution is -0.384. The van der Waals surface area contributed by atoms with Gasteiger partial charge in [0.15, 0.2) is 0 Å². The minimum Gasteiger partial charge on any atom is -0.258 e. The van der Waals surface area contributed by atoms with Gasteiger partial charge in [0, 0.05) is 21.9 Å². The normalized spacial score (nSPS) is 10.1. The van der Waals surface area contributed by atoms with E-state index in [0.29, 0.717) is 5.56 Å². The highest BCUT2D eigenvalue weighted by atomic mass is 32.2. The van der Waals surface area contributed by atoms with Crippen LogP contribution >= 0.6 is 11.8 Å². The van der Waals surface area contributed by atoms with Gasteiger partial charge in [0.25, 0.3) is 5.69 Å². The molecular weight excluding hydrogens is 272 g/mol. The quantitative estimate of drug-likeness (QED) is 0.624. The number of nitro benzene ring substituents is 1. The van der Waals surface area contributed by atoms with Crippen molar-refractivity contribution in [2.45, 2.75) is 23.6 Å². The van der Waals surface area contributed by atoms with E-state index in [9.17, 15) is 10.1 Å². The van der Waals surface area contributed by atoms with Crippen molar-refractivity contribution in [3.63, 3.8) is 0 Å². The topological polar surface area (TPSA) is 66.9 Å².